The van der Waals surface area contributed by atoms with E-state index in [2.05, 4.69) is 200 Å². The van der Waals surface area contributed by atoms with Gasteiger partial charge in [0, 0.05) is 45.0 Å². The third-order valence-corrected chi connectivity index (χ3v) is 15.2. The van der Waals surface area contributed by atoms with Gasteiger partial charge in [-0.05, 0) is 162 Å². The molecule has 0 aromatic heterocycles. The number of rotatable bonds is 9. The van der Waals surface area contributed by atoms with Gasteiger partial charge in [-0.15, -0.1) is 0 Å². The molecule has 3 unspecified atom stereocenters. The normalized spacial score (nSPS) is 21.4. The zero-order valence-corrected chi connectivity index (χ0v) is 35.2. The van der Waals surface area contributed by atoms with E-state index in [4.69, 9.17) is 0 Å². The summed E-state index contributed by atoms with van der Waals surface area (Å²) >= 11 is 0. The van der Waals surface area contributed by atoms with Crippen molar-refractivity contribution in [3.8, 4) is 11.1 Å². The Bertz CT molecular complexity index is 2560. The van der Waals surface area contributed by atoms with Crippen LogP contribution in [0.2, 0.25) is 0 Å². The second kappa shape index (κ2) is 15.0. The highest BCUT2D eigenvalue weighted by Gasteiger charge is 2.52. The third kappa shape index (κ3) is 6.21. The summed E-state index contributed by atoms with van der Waals surface area (Å²) in [4.78, 5) is 4.88. The van der Waals surface area contributed by atoms with Gasteiger partial charge in [-0.1, -0.05) is 143 Å². The SMILES string of the molecule is CC1(C)c2ccccc2-c2cc(N(c3ccc(C4CCCCC4)cc3)c3ccc(C4(c5ccc(N(c6ccccc6)c6ccccc6)cc5)CC5CCC4C5)cc3)ccc21. The van der Waals surface area contributed by atoms with E-state index >= 15 is 0 Å². The summed E-state index contributed by atoms with van der Waals surface area (Å²) in [5.74, 6) is 2.13. The van der Waals surface area contributed by atoms with Gasteiger partial charge in [0.05, 0.1) is 0 Å². The van der Waals surface area contributed by atoms with Gasteiger partial charge in [0.15, 0.2) is 0 Å². The Kier molecular flexibility index (Phi) is 9.29. The predicted octanol–water partition coefficient (Wildman–Crippen LogP) is 16.1. The molecule has 4 aliphatic carbocycles. The van der Waals surface area contributed by atoms with Crippen molar-refractivity contribution in [3.63, 3.8) is 0 Å². The molecule has 7 aromatic carbocycles. The van der Waals surface area contributed by atoms with Crippen molar-refractivity contribution in [1.29, 1.82) is 0 Å². The van der Waals surface area contributed by atoms with Crippen molar-refractivity contribution < 1.29 is 0 Å². The zero-order chi connectivity index (χ0) is 40.3. The Morgan fingerprint density at radius 1 is 0.433 bits per heavy atom. The van der Waals surface area contributed by atoms with E-state index in [1.165, 1.54) is 131 Å². The zero-order valence-electron chi connectivity index (χ0n) is 35.2. The Morgan fingerprint density at radius 3 is 1.50 bits per heavy atom. The molecule has 4 aliphatic rings. The van der Waals surface area contributed by atoms with E-state index < -0.39 is 0 Å². The maximum Gasteiger partial charge on any atom is 0.0468 e. The topological polar surface area (TPSA) is 6.48 Å². The second-order valence-electron chi connectivity index (χ2n) is 18.8. The molecular weight excluding hydrogens is 725 g/mol. The lowest BCUT2D eigenvalue weighted by atomic mass is 9.64. The molecule has 11 rings (SSSR count). The van der Waals surface area contributed by atoms with Crippen molar-refractivity contribution in [3.05, 3.63) is 204 Å². The molecule has 0 radical (unpaired) electrons. The van der Waals surface area contributed by atoms with Gasteiger partial charge in [0.1, 0.15) is 0 Å². The minimum absolute atomic E-state index is 0.0135. The molecule has 3 atom stereocenters. The molecule has 0 N–H and O–H groups in total. The summed E-state index contributed by atoms with van der Waals surface area (Å²) in [5, 5.41) is 0. The molecule has 60 heavy (non-hydrogen) atoms. The minimum Gasteiger partial charge on any atom is -0.311 e. The first-order valence-corrected chi connectivity index (χ1v) is 22.7. The standard InChI is InChI=1S/C58H56N2/c1-57(2)55-21-13-12-20-53(55)54-39-52(36-37-56(54)57)60(49-30-23-43(24-31-49)42-14-6-3-7-15-42)51-34-28-45(29-35-51)58(40-41-22-25-46(58)38-41)44-26-32-50(33-27-44)59(47-16-8-4-9-17-47)48-18-10-5-11-19-48/h4-5,8-13,16-21,23-24,26-37,39,41-42,46H,3,6-7,14-15,22,25,38,40H2,1-2H3. The van der Waals surface area contributed by atoms with E-state index in [0.29, 0.717) is 11.8 Å². The number of nitrogens with zero attached hydrogens (tertiary/aromatic N) is 2. The van der Waals surface area contributed by atoms with Crippen LogP contribution in [0.1, 0.15) is 105 Å². The molecule has 2 bridgehead atoms. The fourth-order valence-electron chi connectivity index (χ4n) is 12.2. The summed E-state index contributed by atoms with van der Waals surface area (Å²) in [5.41, 5.74) is 17.2. The first kappa shape index (κ1) is 37.2. The highest BCUT2D eigenvalue weighted by Crippen LogP contribution is 2.60. The molecule has 0 heterocycles. The monoisotopic (exact) mass is 780 g/mol. The molecule has 7 aromatic rings. The quantitative estimate of drug-likeness (QED) is 0.144. The first-order chi connectivity index (χ1) is 29.5. The van der Waals surface area contributed by atoms with Gasteiger partial charge >= 0.3 is 0 Å². The predicted molar refractivity (Wildman–Crippen MR) is 252 cm³/mol. The van der Waals surface area contributed by atoms with Crippen LogP contribution < -0.4 is 9.80 Å². The van der Waals surface area contributed by atoms with Crippen molar-refractivity contribution in [2.45, 2.75) is 88.4 Å². The van der Waals surface area contributed by atoms with Crippen molar-refractivity contribution >= 4 is 34.1 Å². The molecule has 0 spiro atoms. The number of benzene rings is 7. The molecule has 2 nitrogen and oxygen atoms in total. The largest absolute Gasteiger partial charge is 0.311 e. The highest BCUT2D eigenvalue weighted by atomic mass is 15.1. The Labute approximate surface area is 357 Å². The number of fused-ring (bicyclic) bond motifs is 5. The van der Waals surface area contributed by atoms with Crippen LogP contribution in [0.5, 0.6) is 0 Å². The molecular formula is C58H56N2. The molecule has 0 saturated heterocycles. The lowest BCUT2D eigenvalue weighted by molar-refractivity contribution is 0.320. The summed E-state index contributed by atoms with van der Waals surface area (Å²) in [6.07, 6.45) is 11.9. The first-order valence-electron chi connectivity index (χ1n) is 22.7. The minimum atomic E-state index is -0.0207. The van der Waals surface area contributed by atoms with Crippen LogP contribution in [-0.4, -0.2) is 0 Å². The van der Waals surface area contributed by atoms with E-state index in [1.54, 1.807) is 0 Å². The molecule has 0 amide bonds. The van der Waals surface area contributed by atoms with Gasteiger partial charge in [-0.3, -0.25) is 0 Å². The van der Waals surface area contributed by atoms with Gasteiger partial charge in [-0.2, -0.15) is 0 Å². The van der Waals surface area contributed by atoms with Crippen LogP contribution in [-0.2, 0) is 10.8 Å². The maximum atomic E-state index is 2.51. The average Bonchev–Trinajstić information content (AvgIpc) is 4.00. The average molecular weight is 781 g/mol. The Balaban J connectivity index is 0.980. The summed E-state index contributed by atoms with van der Waals surface area (Å²) in [6, 6.07) is 66.8. The van der Waals surface area contributed by atoms with Crippen LogP contribution in [0.3, 0.4) is 0 Å². The van der Waals surface area contributed by atoms with Crippen molar-refractivity contribution in [2.24, 2.45) is 11.8 Å². The molecule has 0 aliphatic heterocycles. The van der Waals surface area contributed by atoms with Crippen LogP contribution in [0.25, 0.3) is 11.1 Å². The Morgan fingerprint density at radius 2 is 0.933 bits per heavy atom. The lowest BCUT2D eigenvalue weighted by Gasteiger charge is -2.40. The van der Waals surface area contributed by atoms with Crippen LogP contribution >= 0.6 is 0 Å². The second-order valence-corrected chi connectivity index (χ2v) is 18.8. The molecule has 3 fully saturated rings. The summed E-state index contributed by atoms with van der Waals surface area (Å²) in [6.45, 7) is 4.75. The van der Waals surface area contributed by atoms with E-state index in [9.17, 15) is 0 Å². The van der Waals surface area contributed by atoms with E-state index in [1.807, 2.05) is 0 Å². The third-order valence-electron chi connectivity index (χ3n) is 15.2. The van der Waals surface area contributed by atoms with Crippen molar-refractivity contribution in [2.75, 3.05) is 9.80 Å². The molecule has 298 valence electrons. The summed E-state index contributed by atoms with van der Waals surface area (Å²) < 4.78 is 0. The lowest BCUT2D eigenvalue weighted by Crippen LogP contribution is -2.34. The van der Waals surface area contributed by atoms with Gasteiger partial charge in [0.25, 0.3) is 0 Å². The van der Waals surface area contributed by atoms with E-state index in [0.717, 1.165) is 5.92 Å². The molecule has 3 saturated carbocycles. The fraction of sp³-hybridized carbons (Fsp3) is 0.276. The van der Waals surface area contributed by atoms with E-state index in [-0.39, 0.29) is 10.8 Å². The number of para-hydroxylation sites is 2. The van der Waals surface area contributed by atoms with Crippen LogP contribution in [0.4, 0.5) is 34.1 Å². The molecule has 2 heteroatoms. The van der Waals surface area contributed by atoms with Gasteiger partial charge < -0.3 is 9.80 Å². The number of hydrogen-bond donors (Lipinski definition) is 0. The van der Waals surface area contributed by atoms with Gasteiger partial charge in [-0.25, -0.2) is 0 Å². The Hall–Kier alpha value is -5.86. The van der Waals surface area contributed by atoms with Crippen LogP contribution in [0.15, 0.2) is 176 Å². The summed E-state index contributed by atoms with van der Waals surface area (Å²) in [7, 11) is 0. The number of hydrogen-bond acceptors (Lipinski definition) is 2. The smallest absolute Gasteiger partial charge is 0.0468 e. The van der Waals surface area contributed by atoms with Crippen LogP contribution in [0, 0.1) is 11.8 Å². The highest BCUT2D eigenvalue weighted by molar-refractivity contribution is 5.86. The number of anilines is 6. The van der Waals surface area contributed by atoms with Crippen molar-refractivity contribution in [1.82, 2.24) is 0 Å². The van der Waals surface area contributed by atoms with Gasteiger partial charge in [0.2, 0.25) is 0 Å². The maximum absolute atomic E-state index is 2.51. The fourth-order valence-corrected chi connectivity index (χ4v) is 12.2.